The molecule has 0 heterocycles. The Bertz CT molecular complexity index is 356. The fourth-order valence-electron chi connectivity index (χ4n) is 2.52. The molecule has 1 nitrogen and oxygen atoms in total. The molecule has 0 spiro atoms. The van der Waals surface area contributed by atoms with Crippen LogP contribution in [0.4, 0.5) is 0 Å². The van der Waals surface area contributed by atoms with Crippen molar-refractivity contribution in [3.8, 4) is 0 Å². The monoisotopic (exact) mass is 259 g/mol. The van der Waals surface area contributed by atoms with Crippen LogP contribution < -0.4 is 5.32 Å². The Hall–Kier alpha value is -0.820. The summed E-state index contributed by atoms with van der Waals surface area (Å²) in [5, 5.41) is 3.71. The van der Waals surface area contributed by atoms with Crippen molar-refractivity contribution in [3.05, 3.63) is 35.4 Å². The van der Waals surface area contributed by atoms with Gasteiger partial charge in [-0.05, 0) is 56.6 Å². The molecule has 1 fully saturated rings. The molecule has 1 saturated carbocycles. The van der Waals surface area contributed by atoms with Crippen molar-refractivity contribution in [1.82, 2.24) is 5.32 Å². The third-order valence-corrected chi connectivity index (χ3v) is 4.07. The second kappa shape index (κ2) is 7.09. The number of rotatable bonds is 8. The molecule has 0 amide bonds. The lowest BCUT2D eigenvalue weighted by Crippen LogP contribution is -2.26. The Morgan fingerprint density at radius 2 is 1.79 bits per heavy atom. The number of aryl methyl sites for hydroxylation is 1. The highest BCUT2D eigenvalue weighted by atomic mass is 14.9. The molecule has 19 heavy (non-hydrogen) atoms. The quantitative estimate of drug-likeness (QED) is 0.732. The van der Waals surface area contributed by atoms with E-state index in [0.29, 0.717) is 0 Å². The van der Waals surface area contributed by atoms with Crippen LogP contribution in [0.5, 0.6) is 0 Å². The van der Waals surface area contributed by atoms with E-state index in [4.69, 9.17) is 0 Å². The Balaban J connectivity index is 1.84. The molecule has 1 aliphatic rings. The fraction of sp³-hybridized carbons (Fsp3) is 0.667. The lowest BCUT2D eigenvalue weighted by Gasteiger charge is -2.19. The predicted octanol–water partition coefficient (Wildman–Crippen LogP) is 4.34. The molecule has 0 bridgehead atoms. The molecule has 2 rings (SSSR count). The molecular weight excluding hydrogens is 230 g/mol. The molecule has 0 saturated heterocycles. The molecule has 106 valence electrons. The zero-order valence-electron chi connectivity index (χ0n) is 12.8. The summed E-state index contributed by atoms with van der Waals surface area (Å²) in [6.45, 7) is 8.02. The number of nitrogens with one attached hydrogen (secondary N) is 1. The summed E-state index contributed by atoms with van der Waals surface area (Å²) in [5.41, 5.74) is 2.86. The zero-order valence-corrected chi connectivity index (χ0v) is 12.8. The van der Waals surface area contributed by atoms with Crippen molar-refractivity contribution in [2.45, 2.75) is 58.9 Å². The molecule has 0 radical (unpaired) electrons. The number of benzene rings is 1. The van der Waals surface area contributed by atoms with Gasteiger partial charge in [0.25, 0.3) is 0 Å². The Morgan fingerprint density at radius 3 is 2.37 bits per heavy atom. The van der Waals surface area contributed by atoms with Gasteiger partial charge in [-0.3, -0.25) is 0 Å². The van der Waals surface area contributed by atoms with Crippen LogP contribution in [0.25, 0.3) is 0 Å². The van der Waals surface area contributed by atoms with Crippen LogP contribution in [-0.2, 0) is 6.42 Å². The van der Waals surface area contributed by atoms with E-state index >= 15 is 0 Å². The maximum Gasteiger partial charge on any atom is 0.00683 e. The normalized spacial score (nSPS) is 16.8. The predicted molar refractivity (Wildman–Crippen MR) is 83.5 cm³/mol. The van der Waals surface area contributed by atoms with Crippen molar-refractivity contribution in [3.63, 3.8) is 0 Å². The highest BCUT2D eigenvalue weighted by Crippen LogP contribution is 2.22. The van der Waals surface area contributed by atoms with E-state index in [2.05, 4.69) is 50.4 Å². The molecule has 1 unspecified atom stereocenters. The minimum absolute atomic E-state index is 0.797. The van der Waals surface area contributed by atoms with Crippen LogP contribution in [0.15, 0.2) is 24.3 Å². The number of hydrogen-bond acceptors (Lipinski definition) is 1. The van der Waals surface area contributed by atoms with E-state index < -0.39 is 0 Å². The molecule has 1 atom stereocenters. The average molecular weight is 259 g/mol. The van der Waals surface area contributed by atoms with Crippen LogP contribution >= 0.6 is 0 Å². The molecule has 0 aliphatic heterocycles. The van der Waals surface area contributed by atoms with Gasteiger partial charge in [0.05, 0.1) is 0 Å². The zero-order chi connectivity index (χ0) is 13.7. The van der Waals surface area contributed by atoms with Gasteiger partial charge in [0, 0.05) is 6.04 Å². The lowest BCUT2D eigenvalue weighted by atomic mass is 9.91. The van der Waals surface area contributed by atoms with Crippen molar-refractivity contribution in [2.75, 3.05) is 6.54 Å². The topological polar surface area (TPSA) is 12.0 Å². The van der Waals surface area contributed by atoms with Gasteiger partial charge in [0.1, 0.15) is 0 Å². The van der Waals surface area contributed by atoms with Crippen molar-refractivity contribution in [1.29, 1.82) is 0 Å². The van der Waals surface area contributed by atoms with E-state index in [-0.39, 0.29) is 0 Å². The third-order valence-electron chi connectivity index (χ3n) is 4.07. The summed E-state index contributed by atoms with van der Waals surface area (Å²) < 4.78 is 0. The van der Waals surface area contributed by atoms with E-state index in [1.165, 1.54) is 49.8 Å². The maximum absolute atomic E-state index is 3.71. The SMILES string of the molecule is Cc1ccc(CC(CCC(C)C)CNC2CC2)cc1. The first-order valence-electron chi connectivity index (χ1n) is 7.92. The van der Waals surface area contributed by atoms with Crippen molar-refractivity contribution >= 4 is 0 Å². The molecule has 1 aromatic rings. The molecule has 1 aliphatic carbocycles. The van der Waals surface area contributed by atoms with Crippen LogP contribution in [0, 0.1) is 18.8 Å². The summed E-state index contributed by atoms with van der Waals surface area (Å²) in [4.78, 5) is 0. The molecule has 1 aromatic carbocycles. The third kappa shape index (κ3) is 5.78. The first kappa shape index (κ1) is 14.6. The summed E-state index contributed by atoms with van der Waals surface area (Å²) in [7, 11) is 0. The van der Waals surface area contributed by atoms with Gasteiger partial charge >= 0.3 is 0 Å². The lowest BCUT2D eigenvalue weighted by molar-refractivity contribution is 0.397. The average Bonchev–Trinajstić information content (AvgIpc) is 3.19. The van der Waals surface area contributed by atoms with Gasteiger partial charge in [-0.25, -0.2) is 0 Å². The van der Waals surface area contributed by atoms with Gasteiger partial charge in [-0.15, -0.1) is 0 Å². The standard InChI is InChI=1S/C18H29N/c1-14(2)4-7-17(13-19-18-10-11-18)12-16-8-5-15(3)6-9-16/h5-6,8-9,14,17-19H,4,7,10-13H2,1-3H3. The van der Waals surface area contributed by atoms with E-state index in [1.807, 2.05) is 0 Å². The highest BCUT2D eigenvalue weighted by molar-refractivity contribution is 5.21. The summed E-state index contributed by atoms with van der Waals surface area (Å²) in [6, 6.07) is 9.91. The minimum atomic E-state index is 0.797. The first-order chi connectivity index (χ1) is 9.13. The minimum Gasteiger partial charge on any atom is -0.314 e. The second-order valence-corrected chi connectivity index (χ2v) is 6.71. The Kier molecular flexibility index (Phi) is 5.45. The molecule has 1 N–H and O–H groups in total. The Labute approximate surface area is 118 Å². The summed E-state index contributed by atoms with van der Waals surface area (Å²) in [5.74, 6) is 1.62. The van der Waals surface area contributed by atoms with Gasteiger partial charge in [-0.2, -0.15) is 0 Å². The van der Waals surface area contributed by atoms with Crippen LogP contribution in [0.1, 0.15) is 50.7 Å². The Morgan fingerprint density at radius 1 is 1.11 bits per heavy atom. The molecule has 0 aromatic heterocycles. The van der Waals surface area contributed by atoms with Crippen LogP contribution in [0.2, 0.25) is 0 Å². The van der Waals surface area contributed by atoms with E-state index in [0.717, 1.165) is 17.9 Å². The maximum atomic E-state index is 3.71. The molecule has 1 heteroatoms. The largest absolute Gasteiger partial charge is 0.314 e. The second-order valence-electron chi connectivity index (χ2n) is 6.71. The fourth-order valence-corrected chi connectivity index (χ4v) is 2.52. The number of hydrogen-bond donors (Lipinski definition) is 1. The van der Waals surface area contributed by atoms with Crippen molar-refractivity contribution < 1.29 is 0 Å². The van der Waals surface area contributed by atoms with Crippen molar-refractivity contribution in [2.24, 2.45) is 11.8 Å². The van der Waals surface area contributed by atoms with E-state index in [9.17, 15) is 0 Å². The summed E-state index contributed by atoms with van der Waals surface area (Å²) >= 11 is 0. The van der Waals surface area contributed by atoms with Gasteiger partial charge in [-0.1, -0.05) is 50.1 Å². The van der Waals surface area contributed by atoms with Gasteiger partial charge < -0.3 is 5.32 Å². The summed E-state index contributed by atoms with van der Waals surface area (Å²) in [6.07, 6.45) is 6.71. The smallest absolute Gasteiger partial charge is 0.00683 e. The van der Waals surface area contributed by atoms with Crippen LogP contribution in [0.3, 0.4) is 0 Å². The van der Waals surface area contributed by atoms with Gasteiger partial charge in [0.15, 0.2) is 0 Å². The van der Waals surface area contributed by atoms with Crippen LogP contribution in [-0.4, -0.2) is 12.6 Å². The van der Waals surface area contributed by atoms with E-state index in [1.54, 1.807) is 0 Å². The first-order valence-corrected chi connectivity index (χ1v) is 7.92. The molecular formula is C18H29N. The highest BCUT2D eigenvalue weighted by Gasteiger charge is 2.22. The van der Waals surface area contributed by atoms with Gasteiger partial charge in [0.2, 0.25) is 0 Å².